The van der Waals surface area contributed by atoms with Gasteiger partial charge in [0.1, 0.15) is 18.8 Å². The average Bonchev–Trinajstić information content (AvgIpc) is 2.83. The number of esters is 1. The number of halogens is 3. The summed E-state index contributed by atoms with van der Waals surface area (Å²) >= 11 is 0. The van der Waals surface area contributed by atoms with Gasteiger partial charge in [0.05, 0.1) is 5.92 Å². The summed E-state index contributed by atoms with van der Waals surface area (Å²) in [5.74, 6) is -1.15. The van der Waals surface area contributed by atoms with Crippen LogP contribution in [0.25, 0.3) is 0 Å². The molecule has 0 unspecified atom stereocenters. The van der Waals surface area contributed by atoms with E-state index in [1.165, 1.54) is 5.73 Å². The van der Waals surface area contributed by atoms with Gasteiger partial charge < -0.3 is 14.6 Å². The van der Waals surface area contributed by atoms with E-state index in [0.29, 0.717) is 4.57 Å². The zero-order chi connectivity index (χ0) is 20.4. The molecule has 1 aromatic rings. The highest BCUT2D eigenvalue weighted by molar-refractivity contribution is 5.71. The molecule has 1 aromatic heterocycles. The van der Waals surface area contributed by atoms with Crippen LogP contribution < -0.4 is 11.2 Å². The van der Waals surface area contributed by atoms with Gasteiger partial charge in [0.15, 0.2) is 6.23 Å². The van der Waals surface area contributed by atoms with Gasteiger partial charge in [-0.05, 0) is 0 Å². The number of aliphatic hydroxyl groups is 1. The molecule has 0 radical (unpaired) electrons. The molecule has 11 heteroatoms. The highest BCUT2D eigenvalue weighted by atomic mass is 19.3. The zero-order valence-electron chi connectivity index (χ0n) is 14.3. The van der Waals surface area contributed by atoms with Crippen molar-refractivity contribution in [2.24, 2.45) is 5.92 Å². The van der Waals surface area contributed by atoms with Crippen molar-refractivity contribution in [3.05, 3.63) is 51.0 Å². The monoisotopic (exact) mass is 390 g/mol. The Hall–Kier alpha value is -2.62. The lowest BCUT2D eigenvalue weighted by Gasteiger charge is -2.25. The van der Waals surface area contributed by atoms with Gasteiger partial charge in [0, 0.05) is 18.3 Å². The molecule has 148 valence electrons. The summed E-state index contributed by atoms with van der Waals surface area (Å²) in [6.07, 6.45) is -6.67. The van der Waals surface area contributed by atoms with Crippen LogP contribution in [0.4, 0.5) is 13.2 Å². The fourth-order valence-corrected chi connectivity index (χ4v) is 2.45. The van der Waals surface area contributed by atoms with Crippen LogP contribution in [0.1, 0.15) is 20.1 Å². The molecule has 0 spiro atoms. The number of rotatable bonds is 5. The Morgan fingerprint density at radius 3 is 2.74 bits per heavy atom. The number of nitrogens with zero attached hydrogens (tertiary/aromatic N) is 1. The number of aliphatic hydroxyl groups excluding tert-OH is 1. The first-order chi connectivity index (χ1) is 12.6. The molecule has 1 aliphatic heterocycles. The van der Waals surface area contributed by atoms with Crippen LogP contribution >= 0.6 is 0 Å². The lowest BCUT2D eigenvalue weighted by Crippen LogP contribution is -2.44. The number of alkyl halides is 1. The predicted octanol–water partition coefficient (Wildman–Crippen LogP) is 0.638. The third-order valence-electron chi connectivity index (χ3n) is 3.86. The van der Waals surface area contributed by atoms with E-state index in [4.69, 9.17) is 9.47 Å². The molecule has 0 saturated carbocycles. The molecule has 4 atom stereocenters. The van der Waals surface area contributed by atoms with Crippen LogP contribution in [0.5, 0.6) is 0 Å². The van der Waals surface area contributed by atoms with Crippen molar-refractivity contribution in [1.82, 2.24) is 9.55 Å². The Labute approximate surface area is 150 Å². The van der Waals surface area contributed by atoms with Crippen LogP contribution in [-0.2, 0) is 14.3 Å². The maximum atomic E-state index is 15.4. The van der Waals surface area contributed by atoms with Crippen molar-refractivity contribution in [3.63, 3.8) is 0 Å². The summed E-state index contributed by atoms with van der Waals surface area (Å²) < 4.78 is 50.9. The quantitative estimate of drug-likeness (QED) is 0.564. The number of aromatic amines is 1. The number of ether oxygens (including phenoxy) is 2. The first-order valence-corrected chi connectivity index (χ1v) is 7.85. The molecule has 0 aromatic carbocycles. The van der Waals surface area contributed by atoms with Crippen molar-refractivity contribution in [2.75, 3.05) is 6.61 Å². The van der Waals surface area contributed by atoms with Gasteiger partial charge in [-0.2, -0.15) is 8.78 Å². The minimum absolute atomic E-state index is 0.236. The Balaban J connectivity index is 2.42. The number of hydrogen-bond acceptors (Lipinski definition) is 6. The fourth-order valence-electron chi connectivity index (χ4n) is 2.45. The Bertz CT molecular complexity index is 885. The number of hydrogen-bond donors (Lipinski definition) is 2. The third kappa shape index (κ3) is 4.38. The SMILES string of the molecule is CC(C)C(=O)OC[C@H]1O[C@@H](n2ccc(=O)[nH]c2=O)[C@@](F)(C=C=C(F)F)[C@@H]1O. The number of carbonyl (C=O) groups excluding carboxylic acids is 1. The van der Waals surface area contributed by atoms with E-state index in [9.17, 15) is 28.3 Å². The minimum atomic E-state index is -3.01. The van der Waals surface area contributed by atoms with E-state index in [-0.39, 0.29) is 6.08 Å². The van der Waals surface area contributed by atoms with E-state index in [2.05, 4.69) is 0 Å². The molecule has 1 saturated heterocycles. The smallest absolute Gasteiger partial charge is 0.330 e. The van der Waals surface area contributed by atoms with Gasteiger partial charge in [-0.3, -0.25) is 19.1 Å². The molecule has 0 amide bonds. The second-order valence-electron chi connectivity index (χ2n) is 6.15. The molecule has 27 heavy (non-hydrogen) atoms. The summed E-state index contributed by atoms with van der Waals surface area (Å²) in [6.45, 7) is 2.52. The lowest BCUT2D eigenvalue weighted by molar-refractivity contribution is -0.153. The van der Waals surface area contributed by atoms with E-state index in [1.807, 2.05) is 4.98 Å². The Morgan fingerprint density at radius 1 is 1.52 bits per heavy atom. The molecule has 8 nitrogen and oxygen atoms in total. The van der Waals surface area contributed by atoms with Crippen LogP contribution in [0.15, 0.2) is 39.7 Å². The molecule has 2 N–H and O–H groups in total. The van der Waals surface area contributed by atoms with Gasteiger partial charge in [-0.25, -0.2) is 9.18 Å². The van der Waals surface area contributed by atoms with Gasteiger partial charge >= 0.3 is 17.7 Å². The second-order valence-corrected chi connectivity index (χ2v) is 6.15. The first-order valence-electron chi connectivity index (χ1n) is 7.85. The van der Waals surface area contributed by atoms with Crippen molar-refractivity contribution in [1.29, 1.82) is 0 Å². The summed E-state index contributed by atoms with van der Waals surface area (Å²) in [6, 6.07) is 0.888. The normalized spacial score (nSPS) is 27.3. The highest BCUT2D eigenvalue weighted by Gasteiger charge is 2.57. The molecule has 2 rings (SSSR count). The van der Waals surface area contributed by atoms with Crippen LogP contribution in [0.3, 0.4) is 0 Å². The molecule has 2 heterocycles. The summed E-state index contributed by atoms with van der Waals surface area (Å²) in [4.78, 5) is 36.5. The van der Waals surface area contributed by atoms with Crippen molar-refractivity contribution in [2.45, 2.75) is 38.0 Å². The maximum Gasteiger partial charge on any atom is 0.330 e. The van der Waals surface area contributed by atoms with Gasteiger partial charge in [-0.1, -0.05) is 19.6 Å². The fraction of sp³-hybridized carbons (Fsp3) is 0.500. The van der Waals surface area contributed by atoms with E-state index < -0.39 is 59.9 Å². The van der Waals surface area contributed by atoms with E-state index in [1.54, 1.807) is 13.8 Å². The largest absolute Gasteiger partial charge is 0.463 e. The summed E-state index contributed by atoms with van der Waals surface area (Å²) in [5.41, 5.74) is -3.53. The molecule has 0 aliphatic carbocycles. The lowest BCUT2D eigenvalue weighted by atomic mass is 9.96. The van der Waals surface area contributed by atoms with Crippen LogP contribution in [-0.4, -0.2) is 45.1 Å². The van der Waals surface area contributed by atoms with Gasteiger partial charge in [0.25, 0.3) is 5.56 Å². The summed E-state index contributed by atoms with van der Waals surface area (Å²) in [5, 5.41) is 10.2. The van der Waals surface area contributed by atoms with Crippen LogP contribution in [0, 0.1) is 5.92 Å². The van der Waals surface area contributed by atoms with Gasteiger partial charge in [-0.15, -0.1) is 0 Å². The molecule has 0 bridgehead atoms. The number of aromatic nitrogens is 2. The topological polar surface area (TPSA) is 111 Å². The molecule has 1 fully saturated rings. The predicted molar refractivity (Wildman–Crippen MR) is 84.7 cm³/mol. The summed E-state index contributed by atoms with van der Waals surface area (Å²) in [7, 11) is 0. The zero-order valence-corrected chi connectivity index (χ0v) is 14.3. The first kappa shape index (κ1) is 20.7. The number of H-pyrrole nitrogens is 1. The van der Waals surface area contributed by atoms with Gasteiger partial charge in [0.2, 0.25) is 5.67 Å². The van der Waals surface area contributed by atoms with Crippen molar-refractivity contribution < 1.29 is 32.5 Å². The number of carbonyl (C=O) groups is 1. The van der Waals surface area contributed by atoms with Crippen molar-refractivity contribution in [3.8, 4) is 0 Å². The Morgan fingerprint density at radius 2 is 2.19 bits per heavy atom. The molecular weight excluding hydrogens is 373 g/mol. The van der Waals surface area contributed by atoms with Crippen molar-refractivity contribution >= 4 is 5.97 Å². The third-order valence-corrected chi connectivity index (χ3v) is 3.86. The maximum absolute atomic E-state index is 15.4. The molecular formula is C16H17F3N2O6. The van der Waals surface area contributed by atoms with E-state index in [0.717, 1.165) is 12.3 Å². The minimum Gasteiger partial charge on any atom is -0.463 e. The highest BCUT2D eigenvalue weighted by Crippen LogP contribution is 2.42. The molecule has 1 aliphatic rings. The number of nitrogens with one attached hydrogen (secondary N) is 1. The standard InChI is InChI=1S/C16H17F3N2O6/c1-8(2)13(24)26-7-9-12(23)16(19,5-3-10(17)18)14(27-9)21-6-4-11(22)20-15(21)25/h4-6,8-9,12,14,23H,7H2,1-2H3,(H,20,22,25)/t9-,12-,14-,16-/m1/s1. The Kier molecular flexibility index (Phi) is 6.09. The van der Waals surface area contributed by atoms with E-state index >= 15 is 4.39 Å². The second kappa shape index (κ2) is 7.95. The average molecular weight is 390 g/mol. The van der Waals surface area contributed by atoms with Crippen LogP contribution in [0.2, 0.25) is 0 Å².